The van der Waals surface area contributed by atoms with Crippen LogP contribution < -0.4 is 5.32 Å². The first kappa shape index (κ1) is 12.6. The van der Waals surface area contributed by atoms with Crippen LogP contribution in [0.4, 0.5) is 11.4 Å². The molecule has 4 saturated carbocycles. The minimum Gasteiger partial charge on any atom is -0.356 e. The zero-order valence-electron chi connectivity index (χ0n) is 13.5. The second kappa shape index (κ2) is 4.20. The molecule has 1 heteroatoms. The molecule has 1 nitrogen and oxygen atoms in total. The third kappa shape index (κ3) is 1.53. The Morgan fingerprint density at radius 1 is 0.609 bits per heavy atom. The molecule has 4 heterocycles. The summed E-state index contributed by atoms with van der Waals surface area (Å²) in [6.45, 7) is 0. The molecule has 2 aromatic carbocycles. The van der Waals surface area contributed by atoms with Gasteiger partial charge in [0.1, 0.15) is 0 Å². The van der Waals surface area contributed by atoms with Crippen molar-refractivity contribution >= 4 is 11.4 Å². The van der Waals surface area contributed by atoms with E-state index in [1.165, 1.54) is 43.5 Å². The highest BCUT2D eigenvalue weighted by molar-refractivity contribution is 5.63. The van der Waals surface area contributed by atoms with Gasteiger partial charge in [0.05, 0.1) is 0 Å². The van der Waals surface area contributed by atoms with Gasteiger partial charge in [0, 0.05) is 16.8 Å². The molecule has 0 radical (unpaired) electrons. The number of hydrogen-bond donors (Lipinski definition) is 1. The predicted octanol–water partition coefficient (Wildman–Crippen LogP) is 5.49. The molecule has 0 saturated heterocycles. The lowest BCUT2D eigenvalue weighted by Crippen LogP contribution is -2.56. The minimum absolute atomic E-state index is 0.280. The number of benzene rings is 2. The monoisotopic (exact) mass is 301 g/mol. The Morgan fingerprint density at radius 3 is 1.48 bits per heavy atom. The standard InChI is InChI=1S/C22H23N/c1-5-20-6-2-16(1)22(17-3-7-21(23-20)8-4-17)18-10-14-9-15(12-18)13-19(22)11-14/h1-8,14-15,18-19,23H,9-13H2. The Bertz CT molecular complexity index is 680. The Kier molecular flexibility index (Phi) is 2.31. The lowest BCUT2D eigenvalue weighted by atomic mass is 9.42. The summed E-state index contributed by atoms with van der Waals surface area (Å²) >= 11 is 0. The van der Waals surface area contributed by atoms with Gasteiger partial charge in [-0.25, -0.2) is 0 Å². The molecule has 4 aliphatic carbocycles. The summed E-state index contributed by atoms with van der Waals surface area (Å²) in [5.74, 6) is 3.73. The van der Waals surface area contributed by atoms with Crippen molar-refractivity contribution in [1.29, 1.82) is 0 Å². The van der Waals surface area contributed by atoms with E-state index in [4.69, 9.17) is 0 Å². The molecular weight excluding hydrogens is 278 g/mol. The molecule has 2 aromatic rings. The van der Waals surface area contributed by atoms with Crippen LogP contribution in [0.3, 0.4) is 0 Å². The largest absolute Gasteiger partial charge is 0.356 e. The summed E-state index contributed by atoms with van der Waals surface area (Å²) in [5, 5.41) is 3.51. The lowest BCUT2D eigenvalue weighted by molar-refractivity contribution is -0.0418. The summed E-state index contributed by atoms with van der Waals surface area (Å²) in [6, 6.07) is 18.8. The van der Waals surface area contributed by atoms with Gasteiger partial charge in [0.25, 0.3) is 0 Å². The summed E-state index contributed by atoms with van der Waals surface area (Å²) in [5.41, 5.74) is 5.85. The van der Waals surface area contributed by atoms with Gasteiger partial charge < -0.3 is 5.32 Å². The molecule has 116 valence electrons. The Hall–Kier alpha value is -1.76. The first-order chi connectivity index (χ1) is 11.3. The first-order valence-corrected chi connectivity index (χ1v) is 9.30. The fourth-order valence-electron chi connectivity index (χ4n) is 6.86. The van der Waals surface area contributed by atoms with E-state index in [9.17, 15) is 0 Å². The van der Waals surface area contributed by atoms with Gasteiger partial charge in [-0.15, -0.1) is 0 Å². The van der Waals surface area contributed by atoms with Crippen molar-refractivity contribution in [3.05, 3.63) is 59.7 Å². The van der Waals surface area contributed by atoms with Crippen LogP contribution in [0.2, 0.25) is 0 Å². The summed E-state index contributed by atoms with van der Waals surface area (Å²) in [7, 11) is 0. The van der Waals surface area contributed by atoms with Gasteiger partial charge in [-0.3, -0.25) is 0 Å². The maximum Gasteiger partial charge on any atom is 0.0384 e. The predicted molar refractivity (Wildman–Crippen MR) is 94.0 cm³/mol. The van der Waals surface area contributed by atoms with Crippen LogP contribution in [0.5, 0.6) is 0 Å². The minimum atomic E-state index is 0.280. The van der Waals surface area contributed by atoms with E-state index in [0.717, 1.165) is 23.7 Å². The molecule has 8 bridgehead atoms. The smallest absolute Gasteiger partial charge is 0.0384 e. The highest BCUT2D eigenvalue weighted by Crippen LogP contribution is 2.65. The van der Waals surface area contributed by atoms with Crippen molar-refractivity contribution in [2.24, 2.45) is 23.7 Å². The molecule has 4 fully saturated rings. The van der Waals surface area contributed by atoms with Crippen LogP contribution in [0.1, 0.15) is 43.2 Å². The van der Waals surface area contributed by atoms with Crippen LogP contribution in [0.25, 0.3) is 0 Å². The zero-order chi connectivity index (χ0) is 15.0. The topological polar surface area (TPSA) is 12.0 Å². The van der Waals surface area contributed by atoms with Crippen LogP contribution >= 0.6 is 0 Å². The Labute approximate surface area is 138 Å². The molecule has 1 spiro atoms. The number of anilines is 2. The van der Waals surface area contributed by atoms with Crippen molar-refractivity contribution < 1.29 is 0 Å². The van der Waals surface area contributed by atoms with Gasteiger partial charge in [0.15, 0.2) is 0 Å². The molecule has 0 aromatic heterocycles. The van der Waals surface area contributed by atoms with Crippen LogP contribution in [-0.2, 0) is 5.41 Å². The van der Waals surface area contributed by atoms with Gasteiger partial charge >= 0.3 is 0 Å². The van der Waals surface area contributed by atoms with Crippen molar-refractivity contribution in [2.45, 2.75) is 37.5 Å². The van der Waals surface area contributed by atoms with Gasteiger partial charge in [-0.05, 0) is 91.2 Å². The molecular formula is C22H23N. The van der Waals surface area contributed by atoms with E-state index in [1.54, 1.807) is 11.1 Å². The third-order valence-corrected chi connectivity index (χ3v) is 7.44. The Morgan fingerprint density at radius 2 is 1.04 bits per heavy atom. The molecule has 23 heavy (non-hydrogen) atoms. The van der Waals surface area contributed by atoms with Crippen LogP contribution in [-0.4, -0.2) is 0 Å². The summed E-state index contributed by atoms with van der Waals surface area (Å²) < 4.78 is 0. The molecule has 0 atom stereocenters. The quantitative estimate of drug-likeness (QED) is 0.679. The van der Waals surface area contributed by atoms with E-state index in [2.05, 4.69) is 53.8 Å². The molecule has 4 aliphatic heterocycles. The molecule has 1 N–H and O–H groups in total. The van der Waals surface area contributed by atoms with E-state index >= 15 is 0 Å². The molecule has 0 amide bonds. The molecule has 10 rings (SSSR count). The molecule has 0 unspecified atom stereocenters. The highest BCUT2D eigenvalue weighted by Gasteiger charge is 2.58. The highest BCUT2D eigenvalue weighted by atomic mass is 14.9. The fourth-order valence-corrected chi connectivity index (χ4v) is 6.86. The average Bonchev–Trinajstić information content (AvgIpc) is 2.58. The maximum absolute atomic E-state index is 3.51. The molecule has 8 aliphatic rings. The SMILES string of the molecule is c1cc2ccc1Nc1ccc(cc1)C21C2CC3CC(C2)CC1C3. The number of rotatable bonds is 0. The van der Waals surface area contributed by atoms with E-state index in [0.29, 0.717) is 0 Å². The summed E-state index contributed by atoms with van der Waals surface area (Å²) in [6.07, 6.45) is 7.33. The second-order valence-electron chi connectivity index (χ2n) is 8.45. The lowest BCUT2D eigenvalue weighted by Gasteiger charge is -2.62. The van der Waals surface area contributed by atoms with E-state index in [-0.39, 0.29) is 5.41 Å². The average molecular weight is 301 g/mol. The van der Waals surface area contributed by atoms with Crippen molar-refractivity contribution in [3.63, 3.8) is 0 Å². The fraction of sp³-hybridized carbons (Fsp3) is 0.455. The zero-order valence-corrected chi connectivity index (χ0v) is 13.5. The van der Waals surface area contributed by atoms with E-state index in [1.807, 2.05) is 0 Å². The van der Waals surface area contributed by atoms with Gasteiger partial charge in [-0.2, -0.15) is 0 Å². The van der Waals surface area contributed by atoms with Crippen LogP contribution in [0, 0.1) is 23.7 Å². The third-order valence-electron chi connectivity index (χ3n) is 7.44. The second-order valence-corrected chi connectivity index (χ2v) is 8.45. The van der Waals surface area contributed by atoms with Crippen molar-refractivity contribution in [1.82, 2.24) is 0 Å². The van der Waals surface area contributed by atoms with Gasteiger partial charge in [0.2, 0.25) is 0 Å². The Balaban J connectivity index is 1.65. The van der Waals surface area contributed by atoms with Gasteiger partial charge in [-0.1, -0.05) is 24.3 Å². The van der Waals surface area contributed by atoms with Crippen molar-refractivity contribution in [2.75, 3.05) is 5.32 Å². The van der Waals surface area contributed by atoms with Crippen LogP contribution in [0.15, 0.2) is 48.5 Å². The normalized spacial score (nSPS) is 34.8. The number of hydrogen-bond acceptors (Lipinski definition) is 1. The van der Waals surface area contributed by atoms with Crippen molar-refractivity contribution in [3.8, 4) is 0 Å². The van der Waals surface area contributed by atoms with E-state index < -0.39 is 0 Å². The summed E-state index contributed by atoms with van der Waals surface area (Å²) in [4.78, 5) is 0. The first-order valence-electron chi connectivity index (χ1n) is 9.30. The maximum atomic E-state index is 3.51. The number of nitrogens with one attached hydrogen (secondary N) is 1.